The standard InChI is InChI=1S/C21H21N3O2/c1-2-21(24-13-12-19-20(14-24)23-15-22-19)26-18-10-8-17(9-11-18)25-16-6-4-3-5-7-16/h3-13,15,21H,2,14H2,1H3,(H,22,23). The molecule has 1 unspecified atom stereocenters. The zero-order chi connectivity index (χ0) is 17.8. The Labute approximate surface area is 152 Å². The van der Waals surface area contributed by atoms with Crippen LogP contribution < -0.4 is 9.47 Å². The van der Waals surface area contributed by atoms with E-state index in [1.165, 1.54) is 0 Å². The smallest absolute Gasteiger partial charge is 0.172 e. The van der Waals surface area contributed by atoms with Gasteiger partial charge in [0.2, 0.25) is 0 Å². The number of nitrogens with one attached hydrogen (secondary N) is 1. The third kappa shape index (κ3) is 3.57. The highest BCUT2D eigenvalue weighted by molar-refractivity contribution is 5.49. The number of aromatic amines is 1. The summed E-state index contributed by atoms with van der Waals surface area (Å²) in [4.78, 5) is 9.64. The SMILES string of the molecule is CCC(Oc1ccc(Oc2ccccc2)cc1)N1C=Cc2nc[nH]c2C1. The summed E-state index contributed by atoms with van der Waals surface area (Å²) >= 11 is 0. The molecule has 0 spiro atoms. The second-order valence-electron chi connectivity index (χ2n) is 6.12. The van der Waals surface area contributed by atoms with Gasteiger partial charge < -0.3 is 19.4 Å². The van der Waals surface area contributed by atoms with E-state index in [0.717, 1.165) is 41.6 Å². The average molecular weight is 347 g/mol. The van der Waals surface area contributed by atoms with Crippen LogP contribution in [0.15, 0.2) is 67.1 Å². The lowest BCUT2D eigenvalue weighted by atomic mass is 10.2. The largest absolute Gasteiger partial charge is 0.471 e. The Bertz CT molecular complexity index is 872. The number of hydrogen-bond donors (Lipinski definition) is 1. The van der Waals surface area contributed by atoms with Crippen molar-refractivity contribution in [1.82, 2.24) is 14.9 Å². The van der Waals surface area contributed by atoms with E-state index in [4.69, 9.17) is 9.47 Å². The molecule has 1 aliphatic heterocycles. The van der Waals surface area contributed by atoms with Crippen molar-refractivity contribution in [3.8, 4) is 17.2 Å². The quantitative estimate of drug-likeness (QED) is 0.696. The number of ether oxygens (including phenoxy) is 2. The Morgan fingerprint density at radius 3 is 2.54 bits per heavy atom. The molecule has 4 rings (SSSR count). The van der Waals surface area contributed by atoms with Gasteiger partial charge in [0, 0.05) is 12.6 Å². The van der Waals surface area contributed by atoms with Crippen LogP contribution in [0.25, 0.3) is 6.08 Å². The lowest BCUT2D eigenvalue weighted by Gasteiger charge is -2.31. The molecule has 0 amide bonds. The van der Waals surface area contributed by atoms with E-state index in [0.29, 0.717) is 0 Å². The summed E-state index contributed by atoms with van der Waals surface area (Å²) in [5.74, 6) is 2.43. The molecular weight excluding hydrogens is 326 g/mol. The summed E-state index contributed by atoms with van der Waals surface area (Å²) in [6.07, 6.45) is 6.62. The third-order valence-corrected chi connectivity index (χ3v) is 4.31. The first kappa shape index (κ1) is 16.3. The Morgan fingerprint density at radius 1 is 1.04 bits per heavy atom. The Hall–Kier alpha value is -3.21. The maximum absolute atomic E-state index is 6.18. The second-order valence-corrected chi connectivity index (χ2v) is 6.12. The van der Waals surface area contributed by atoms with Crippen LogP contribution in [0.3, 0.4) is 0 Å². The number of H-pyrrole nitrogens is 1. The van der Waals surface area contributed by atoms with Crippen LogP contribution in [0.2, 0.25) is 0 Å². The Morgan fingerprint density at radius 2 is 1.77 bits per heavy atom. The highest BCUT2D eigenvalue weighted by Gasteiger charge is 2.20. The van der Waals surface area contributed by atoms with E-state index in [1.54, 1.807) is 6.33 Å². The molecule has 1 aliphatic rings. The number of benzene rings is 2. The molecule has 1 aromatic heterocycles. The van der Waals surface area contributed by atoms with Crippen LogP contribution in [0.4, 0.5) is 0 Å². The predicted octanol–water partition coefficient (Wildman–Crippen LogP) is 4.80. The van der Waals surface area contributed by atoms with Crippen molar-refractivity contribution in [1.29, 1.82) is 0 Å². The van der Waals surface area contributed by atoms with Gasteiger partial charge in [-0.25, -0.2) is 4.98 Å². The number of nitrogens with zero attached hydrogens (tertiary/aromatic N) is 2. The molecule has 0 saturated heterocycles. The molecule has 2 heterocycles. The average Bonchev–Trinajstić information content (AvgIpc) is 3.16. The Balaban J connectivity index is 1.41. The second kappa shape index (κ2) is 7.35. The summed E-state index contributed by atoms with van der Waals surface area (Å²) in [6.45, 7) is 2.88. The van der Waals surface area contributed by atoms with Gasteiger partial charge in [0.05, 0.1) is 24.3 Å². The highest BCUT2D eigenvalue weighted by Crippen LogP contribution is 2.26. The van der Waals surface area contributed by atoms with Crippen molar-refractivity contribution in [2.45, 2.75) is 26.1 Å². The van der Waals surface area contributed by atoms with Gasteiger partial charge in [-0.05, 0) is 42.5 Å². The monoisotopic (exact) mass is 347 g/mol. The fraction of sp³-hybridized carbons (Fsp3) is 0.190. The fourth-order valence-electron chi connectivity index (χ4n) is 2.95. The molecular formula is C21H21N3O2. The summed E-state index contributed by atoms with van der Waals surface area (Å²) < 4.78 is 12.0. The molecule has 26 heavy (non-hydrogen) atoms. The normalized spacial score (nSPS) is 14.0. The van der Waals surface area contributed by atoms with E-state index in [1.807, 2.05) is 66.9 Å². The van der Waals surface area contributed by atoms with Gasteiger partial charge in [-0.2, -0.15) is 0 Å². The van der Waals surface area contributed by atoms with E-state index in [2.05, 4.69) is 21.8 Å². The predicted molar refractivity (Wildman–Crippen MR) is 101 cm³/mol. The number of rotatable bonds is 6. The molecule has 1 atom stereocenters. The van der Waals surface area contributed by atoms with Crippen LogP contribution in [-0.4, -0.2) is 21.1 Å². The van der Waals surface area contributed by atoms with Crippen LogP contribution in [-0.2, 0) is 6.54 Å². The maximum Gasteiger partial charge on any atom is 0.172 e. The minimum Gasteiger partial charge on any atom is -0.471 e. The summed E-state index contributed by atoms with van der Waals surface area (Å²) in [5, 5.41) is 0. The summed E-state index contributed by atoms with van der Waals surface area (Å²) in [7, 11) is 0. The molecule has 0 radical (unpaired) electrons. The molecule has 2 aromatic carbocycles. The molecule has 0 bridgehead atoms. The van der Waals surface area contributed by atoms with Gasteiger partial charge >= 0.3 is 0 Å². The lowest BCUT2D eigenvalue weighted by molar-refractivity contribution is 0.0514. The summed E-state index contributed by atoms with van der Waals surface area (Å²) in [6, 6.07) is 17.5. The van der Waals surface area contributed by atoms with Gasteiger partial charge in [0.25, 0.3) is 0 Å². The van der Waals surface area contributed by atoms with Crippen molar-refractivity contribution in [2.24, 2.45) is 0 Å². The van der Waals surface area contributed by atoms with Crippen molar-refractivity contribution in [3.63, 3.8) is 0 Å². The van der Waals surface area contributed by atoms with E-state index < -0.39 is 0 Å². The third-order valence-electron chi connectivity index (χ3n) is 4.31. The van der Waals surface area contributed by atoms with E-state index in [-0.39, 0.29) is 6.23 Å². The van der Waals surface area contributed by atoms with Crippen molar-refractivity contribution in [3.05, 3.63) is 78.5 Å². The van der Waals surface area contributed by atoms with E-state index in [9.17, 15) is 0 Å². The highest BCUT2D eigenvalue weighted by atomic mass is 16.5. The van der Waals surface area contributed by atoms with Crippen molar-refractivity contribution in [2.75, 3.05) is 0 Å². The van der Waals surface area contributed by atoms with Crippen LogP contribution >= 0.6 is 0 Å². The molecule has 3 aromatic rings. The number of para-hydroxylation sites is 1. The van der Waals surface area contributed by atoms with Crippen LogP contribution in [0.5, 0.6) is 17.2 Å². The number of imidazole rings is 1. The number of aromatic nitrogens is 2. The minimum atomic E-state index is -0.0383. The first-order valence-corrected chi connectivity index (χ1v) is 8.77. The molecule has 0 aliphatic carbocycles. The van der Waals surface area contributed by atoms with Crippen LogP contribution in [0, 0.1) is 0 Å². The van der Waals surface area contributed by atoms with Crippen molar-refractivity contribution < 1.29 is 9.47 Å². The first-order chi connectivity index (χ1) is 12.8. The van der Waals surface area contributed by atoms with Crippen molar-refractivity contribution >= 4 is 6.08 Å². The van der Waals surface area contributed by atoms with Gasteiger partial charge in [0.1, 0.15) is 17.2 Å². The van der Waals surface area contributed by atoms with Gasteiger partial charge in [0.15, 0.2) is 6.23 Å². The maximum atomic E-state index is 6.18. The van der Waals surface area contributed by atoms with Gasteiger partial charge in [-0.1, -0.05) is 25.1 Å². The fourth-order valence-corrected chi connectivity index (χ4v) is 2.95. The molecule has 1 N–H and O–H groups in total. The molecule has 5 heteroatoms. The first-order valence-electron chi connectivity index (χ1n) is 8.77. The Kier molecular flexibility index (Phi) is 4.60. The van der Waals surface area contributed by atoms with Gasteiger partial charge in [-0.3, -0.25) is 0 Å². The minimum absolute atomic E-state index is 0.0383. The van der Waals surface area contributed by atoms with Gasteiger partial charge in [-0.15, -0.1) is 0 Å². The number of fused-ring (bicyclic) bond motifs is 1. The molecule has 0 fully saturated rings. The lowest BCUT2D eigenvalue weighted by Crippen LogP contribution is -2.36. The zero-order valence-electron chi connectivity index (χ0n) is 14.6. The van der Waals surface area contributed by atoms with E-state index >= 15 is 0 Å². The summed E-state index contributed by atoms with van der Waals surface area (Å²) in [5.41, 5.74) is 2.11. The topological polar surface area (TPSA) is 50.4 Å². The molecule has 5 nitrogen and oxygen atoms in total. The molecule has 0 saturated carbocycles. The zero-order valence-corrected chi connectivity index (χ0v) is 14.6. The number of hydrogen-bond acceptors (Lipinski definition) is 4. The molecule has 132 valence electrons. The van der Waals surface area contributed by atoms with Crippen LogP contribution in [0.1, 0.15) is 24.7 Å².